The summed E-state index contributed by atoms with van der Waals surface area (Å²) in [5, 5.41) is 24.2. The maximum atomic E-state index is 13.3. The number of nitrogens with one attached hydrogen (secondary N) is 2. The van der Waals surface area contributed by atoms with Crippen molar-refractivity contribution in [1.82, 2.24) is 34.7 Å². The molecule has 0 spiro atoms. The van der Waals surface area contributed by atoms with Crippen LogP contribution in [0.1, 0.15) is 17.7 Å². The molecule has 2 aromatic heterocycles. The van der Waals surface area contributed by atoms with Gasteiger partial charge < -0.3 is 36.8 Å². The molecule has 2 amide bonds. The van der Waals surface area contributed by atoms with Gasteiger partial charge in [-0.2, -0.15) is 13.5 Å². The summed E-state index contributed by atoms with van der Waals surface area (Å²) in [7, 11) is -4.98. The third-order valence-electron chi connectivity index (χ3n) is 6.98. The average Bonchev–Trinajstić information content (AvgIpc) is 3.81. The zero-order valence-electron chi connectivity index (χ0n) is 24.2. The summed E-state index contributed by atoms with van der Waals surface area (Å²) in [6.45, 7) is 0.820. The van der Waals surface area contributed by atoms with E-state index in [0.29, 0.717) is 17.1 Å². The number of nitrogens with two attached hydrogens (primary N) is 2. The lowest BCUT2D eigenvalue weighted by Crippen LogP contribution is -2.73. The monoisotopic (exact) mass is 691 g/mol. The number of aliphatic carboxylic acids is 1. The lowest BCUT2D eigenvalue weighted by atomic mass is 9.98. The molecule has 2 aliphatic rings. The van der Waals surface area contributed by atoms with Crippen LogP contribution in [0.4, 0.5) is 5.13 Å². The van der Waals surface area contributed by atoms with Gasteiger partial charge in [0.1, 0.15) is 42.6 Å². The van der Waals surface area contributed by atoms with E-state index in [0.717, 1.165) is 30.8 Å². The predicted octanol–water partition coefficient (Wildman–Crippen LogP) is -2.16. The summed E-state index contributed by atoms with van der Waals surface area (Å²) in [5.74, 6) is -3.05. The number of oxime groups is 1. The van der Waals surface area contributed by atoms with E-state index in [9.17, 15) is 32.5 Å². The summed E-state index contributed by atoms with van der Waals surface area (Å²) in [6, 6.07) is 3.82. The van der Waals surface area contributed by atoms with Gasteiger partial charge in [-0.25, -0.2) is 19.1 Å². The van der Waals surface area contributed by atoms with Crippen LogP contribution in [0.2, 0.25) is 0 Å². The molecule has 2 saturated heterocycles. The first kappa shape index (κ1) is 33.2. The Morgan fingerprint density at radius 2 is 2.04 bits per heavy atom. The number of ether oxygens (including phenoxy) is 1. The first-order valence-electron chi connectivity index (χ1n) is 13.8. The van der Waals surface area contributed by atoms with Crippen LogP contribution < -0.4 is 26.8 Å². The van der Waals surface area contributed by atoms with E-state index in [1.54, 1.807) is 24.3 Å². The minimum atomic E-state index is -4.98. The van der Waals surface area contributed by atoms with Gasteiger partial charge in [0.2, 0.25) is 0 Å². The zero-order chi connectivity index (χ0) is 33.7. The minimum Gasteiger partial charge on any atom is -0.489 e. The average molecular weight is 692 g/mol. The molecular formula is C25H29N11O9S2. The Kier molecular flexibility index (Phi) is 9.93. The highest BCUT2D eigenvalue weighted by Crippen LogP contribution is 2.25. The summed E-state index contributed by atoms with van der Waals surface area (Å²) in [4.78, 5) is 55.4. The second kappa shape index (κ2) is 14.1. The van der Waals surface area contributed by atoms with Crippen molar-refractivity contribution in [3.63, 3.8) is 0 Å². The molecule has 8 N–H and O–H groups in total. The van der Waals surface area contributed by atoms with Gasteiger partial charge in [-0.15, -0.1) is 11.3 Å². The van der Waals surface area contributed by atoms with E-state index in [-0.39, 0.29) is 27.7 Å². The van der Waals surface area contributed by atoms with Crippen LogP contribution in [0.5, 0.6) is 5.75 Å². The fraction of sp³-hybridized carbons (Fsp3) is 0.360. The van der Waals surface area contributed by atoms with E-state index in [4.69, 9.17) is 21.0 Å². The fourth-order valence-corrected chi connectivity index (χ4v) is 6.07. The number of amides is 2. The largest absolute Gasteiger partial charge is 0.489 e. The highest BCUT2D eigenvalue weighted by atomic mass is 32.2. The molecule has 2 aliphatic heterocycles. The topological polar surface area (TPSA) is 292 Å². The van der Waals surface area contributed by atoms with Crippen LogP contribution in [0.3, 0.4) is 0 Å². The summed E-state index contributed by atoms with van der Waals surface area (Å²) in [6.07, 6.45) is 1.58. The Morgan fingerprint density at radius 1 is 1.28 bits per heavy atom. The Bertz CT molecular complexity index is 1770. The number of hydrogen-bond acceptors (Lipinski definition) is 15. The molecule has 0 radical (unpaired) electrons. The van der Waals surface area contributed by atoms with Crippen LogP contribution in [-0.2, 0) is 36.1 Å². The van der Waals surface area contributed by atoms with Crippen molar-refractivity contribution in [1.29, 1.82) is 0 Å². The normalized spacial score (nSPS) is 20.8. The van der Waals surface area contributed by atoms with Crippen molar-refractivity contribution in [2.24, 2.45) is 15.9 Å². The Labute approximate surface area is 270 Å². The molecule has 5 rings (SSSR count). The number of carboxylic acids is 1. The van der Waals surface area contributed by atoms with Gasteiger partial charge in [-0.05, 0) is 37.2 Å². The molecule has 3 aromatic rings. The van der Waals surface area contributed by atoms with E-state index < -0.39 is 58.6 Å². The van der Waals surface area contributed by atoms with E-state index in [1.165, 1.54) is 22.7 Å². The molecule has 0 saturated carbocycles. The van der Waals surface area contributed by atoms with Gasteiger partial charge in [0.25, 0.3) is 17.9 Å². The van der Waals surface area contributed by atoms with E-state index in [1.807, 2.05) is 0 Å². The molecule has 1 aromatic carbocycles. The Morgan fingerprint density at radius 3 is 2.64 bits per heavy atom. The first-order valence-corrected chi connectivity index (χ1v) is 16.1. The maximum absolute atomic E-state index is 13.3. The smallest absolute Gasteiger partial charge is 0.362 e. The van der Waals surface area contributed by atoms with Gasteiger partial charge in [0.15, 0.2) is 10.8 Å². The van der Waals surface area contributed by atoms with E-state index in [2.05, 4.69) is 35.8 Å². The van der Waals surface area contributed by atoms with Crippen LogP contribution in [0.25, 0.3) is 0 Å². The number of benzene rings is 1. The molecule has 2 fully saturated rings. The van der Waals surface area contributed by atoms with Gasteiger partial charge in [0, 0.05) is 17.5 Å². The number of β-lactam (4-membered cyclic amide) rings is 1. The van der Waals surface area contributed by atoms with E-state index >= 15 is 0 Å². The number of aromatic nitrogens is 4. The van der Waals surface area contributed by atoms with Crippen molar-refractivity contribution in [3.8, 4) is 5.75 Å². The summed E-state index contributed by atoms with van der Waals surface area (Å²) < 4.78 is 40.1. The van der Waals surface area contributed by atoms with Gasteiger partial charge in [-0.1, -0.05) is 5.16 Å². The van der Waals surface area contributed by atoms with Crippen LogP contribution >= 0.6 is 11.3 Å². The number of carboxylic acid groups (broad SMARTS) is 1. The molecule has 0 aliphatic carbocycles. The fourth-order valence-electron chi connectivity index (χ4n) is 4.65. The molecule has 4 heterocycles. The number of nitrogens with zero attached hydrogens (tertiary/aromatic N) is 7. The molecular weight excluding hydrogens is 662 g/mol. The number of amidine groups is 1. The molecule has 47 heavy (non-hydrogen) atoms. The van der Waals surface area contributed by atoms with Crippen molar-refractivity contribution in [2.45, 2.75) is 37.2 Å². The Balaban J connectivity index is 1.28. The van der Waals surface area contributed by atoms with Crippen molar-refractivity contribution in [3.05, 3.63) is 53.6 Å². The molecule has 22 heteroatoms. The lowest BCUT2D eigenvalue weighted by molar-refractivity contribution is -0.152. The standard InChI is InChI=1S/C25H29N11O9S2/c26-21(31-14-5-6-28-7-14)13-1-3-15(4-2-13)44-9-18(24(39)40)45-34-19(16-10-46-25(27)32-16)22(37)33-20-17(8-35-12-29-11-30-35)36(23(20)38)47(41,42)43/h1-4,10-12,14,17-18,20,28H,5-9H2,(H2,26,31)(H2,27,32)(H,33,37)(H,39,40)(H,41,42,43)/t14-,17-,18-,20-/m0/s1. The molecule has 0 unspecified atom stereocenters. The molecule has 4 atom stereocenters. The van der Waals surface area contributed by atoms with Crippen molar-refractivity contribution in [2.75, 3.05) is 25.4 Å². The van der Waals surface area contributed by atoms with Gasteiger partial charge >= 0.3 is 16.3 Å². The summed E-state index contributed by atoms with van der Waals surface area (Å²) >= 11 is 0.939. The number of carbonyl (C=O) groups is 3. The number of nitrogen functional groups attached to an aromatic ring is 1. The first-order chi connectivity index (χ1) is 22.4. The lowest BCUT2D eigenvalue weighted by Gasteiger charge is -2.43. The number of anilines is 1. The SMILES string of the molecule is NC(=N[C@H]1CCNC1)c1ccc(OC[C@H](ON=C(C(=O)N[C@@H]2C(=O)N(S(=O)(=O)O)[C@H]2Cn2cncn2)c2csc(N)n2)C(=O)O)cc1. The maximum Gasteiger partial charge on any atom is 0.362 e. The van der Waals surface area contributed by atoms with Crippen LogP contribution in [0, 0.1) is 0 Å². The second-order valence-electron chi connectivity index (χ2n) is 10.2. The highest BCUT2D eigenvalue weighted by Gasteiger charge is 2.54. The molecule has 20 nitrogen and oxygen atoms in total. The number of aliphatic imine (C=N–C) groups is 1. The summed E-state index contributed by atoms with van der Waals surface area (Å²) in [5.41, 5.74) is 11.8. The van der Waals surface area contributed by atoms with Crippen molar-refractivity contribution >= 4 is 56.1 Å². The third-order valence-corrected chi connectivity index (χ3v) is 8.60. The van der Waals surface area contributed by atoms with Gasteiger partial charge in [-0.3, -0.25) is 23.8 Å². The van der Waals surface area contributed by atoms with Crippen LogP contribution in [-0.4, -0.2) is 115 Å². The van der Waals surface area contributed by atoms with Gasteiger partial charge in [0.05, 0.1) is 18.6 Å². The predicted molar refractivity (Wildman–Crippen MR) is 164 cm³/mol. The van der Waals surface area contributed by atoms with Crippen molar-refractivity contribution < 1.29 is 42.0 Å². The second-order valence-corrected chi connectivity index (χ2v) is 12.4. The van der Waals surface area contributed by atoms with Crippen LogP contribution in [0.15, 0.2) is 52.4 Å². The number of thiazole rings is 1. The minimum absolute atomic E-state index is 0.0361. The number of carbonyl (C=O) groups excluding carboxylic acids is 2. The highest BCUT2D eigenvalue weighted by molar-refractivity contribution is 7.84. The third kappa shape index (κ3) is 7.97. The molecule has 0 bridgehead atoms. The Hall–Kier alpha value is -5.19. The zero-order valence-corrected chi connectivity index (χ0v) is 25.9. The quantitative estimate of drug-likeness (QED) is 0.0345. The molecule has 250 valence electrons. The number of rotatable bonds is 14. The number of hydrogen-bond donors (Lipinski definition) is 6.